The topological polar surface area (TPSA) is 91.2 Å². The zero-order valence-electron chi connectivity index (χ0n) is 18.6. The third-order valence-corrected chi connectivity index (χ3v) is 6.39. The number of hydrogen-bond acceptors (Lipinski definition) is 7. The Morgan fingerprint density at radius 2 is 1.97 bits per heavy atom. The van der Waals surface area contributed by atoms with Crippen molar-refractivity contribution in [3.05, 3.63) is 39.6 Å². The van der Waals surface area contributed by atoms with Gasteiger partial charge < -0.3 is 23.9 Å². The summed E-state index contributed by atoms with van der Waals surface area (Å²) in [6, 6.07) is 8.21. The van der Waals surface area contributed by atoms with Crippen LogP contribution in [0.25, 0.3) is 0 Å². The fraction of sp³-hybridized carbons (Fsp3) is 0.500. The molecule has 1 aromatic carbocycles. The number of rotatable bonds is 7. The minimum Gasteiger partial charge on any atom is -0.493 e. The van der Waals surface area contributed by atoms with Crippen molar-refractivity contribution in [1.29, 1.82) is 10.7 Å². The summed E-state index contributed by atoms with van der Waals surface area (Å²) in [5.74, 6) is 2.54. The van der Waals surface area contributed by atoms with E-state index in [1.54, 1.807) is 30.4 Å². The van der Waals surface area contributed by atoms with Crippen LogP contribution >= 0.6 is 12.2 Å². The molecule has 1 saturated heterocycles. The first-order valence-corrected chi connectivity index (χ1v) is 10.7. The van der Waals surface area contributed by atoms with Crippen molar-refractivity contribution in [2.24, 2.45) is 20.0 Å². The van der Waals surface area contributed by atoms with Crippen molar-refractivity contribution in [1.82, 2.24) is 14.0 Å². The molecule has 1 fully saturated rings. The van der Waals surface area contributed by atoms with Crippen LogP contribution in [-0.2, 0) is 20.6 Å². The van der Waals surface area contributed by atoms with Gasteiger partial charge in [-0.1, -0.05) is 6.07 Å². The number of benzene rings is 1. The summed E-state index contributed by atoms with van der Waals surface area (Å²) in [7, 11) is 6.83. The van der Waals surface area contributed by atoms with Crippen LogP contribution in [0.1, 0.15) is 24.0 Å². The van der Waals surface area contributed by atoms with E-state index in [0.717, 1.165) is 50.5 Å². The Bertz CT molecular complexity index is 1100. The number of aromatic nitrogens is 2. The summed E-state index contributed by atoms with van der Waals surface area (Å²) in [4.78, 5) is 2.45. The highest BCUT2D eigenvalue weighted by Crippen LogP contribution is 2.29. The van der Waals surface area contributed by atoms with E-state index < -0.39 is 0 Å². The summed E-state index contributed by atoms with van der Waals surface area (Å²) in [5.41, 5.74) is 1.64. The molecule has 1 aliphatic heterocycles. The molecule has 1 unspecified atom stereocenters. The van der Waals surface area contributed by atoms with E-state index in [1.165, 1.54) is 5.56 Å². The molecule has 2 N–H and O–H groups in total. The molecule has 2 heterocycles. The van der Waals surface area contributed by atoms with E-state index in [4.69, 9.17) is 27.1 Å². The van der Waals surface area contributed by atoms with Crippen LogP contribution in [-0.4, -0.2) is 47.9 Å². The molecule has 1 aliphatic rings. The summed E-state index contributed by atoms with van der Waals surface area (Å²) in [5, 5.41) is 21.2. The number of methoxy groups -OCH3 is 2. The van der Waals surface area contributed by atoms with E-state index in [2.05, 4.69) is 22.4 Å². The van der Waals surface area contributed by atoms with Gasteiger partial charge in [-0.15, -0.1) is 0 Å². The average Bonchev–Trinajstić information content (AvgIpc) is 2.79. The van der Waals surface area contributed by atoms with Crippen LogP contribution in [0.15, 0.2) is 18.2 Å². The van der Waals surface area contributed by atoms with Crippen LogP contribution in [0, 0.1) is 27.4 Å². The maximum absolute atomic E-state index is 9.56. The summed E-state index contributed by atoms with van der Waals surface area (Å²) < 4.78 is 14.6. The quantitative estimate of drug-likeness (QED) is 0.641. The number of nitriles is 1. The zero-order valence-corrected chi connectivity index (χ0v) is 19.4. The lowest BCUT2D eigenvalue weighted by atomic mass is 9.97. The normalized spacial score (nSPS) is 16.5. The maximum atomic E-state index is 9.56. The van der Waals surface area contributed by atoms with Gasteiger partial charge >= 0.3 is 0 Å². The molecular formula is C22H30N6O2S. The van der Waals surface area contributed by atoms with Crippen molar-refractivity contribution in [3.8, 4) is 17.6 Å². The van der Waals surface area contributed by atoms with Crippen molar-refractivity contribution < 1.29 is 9.47 Å². The fourth-order valence-electron chi connectivity index (χ4n) is 4.12. The van der Waals surface area contributed by atoms with E-state index in [-0.39, 0.29) is 5.49 Å². The molecule has 0 saturated carbocycles. The van der Waals surface area contributed by atoms with Gasteiger partial charge in [0.15, 0.2) is 16.3 Å². The fourth-order valence-corrected chi connectivity index (χ4v) is 4.30. The van der Waals surface area contributed by atoms with Crippen molar-refractivity contribution in [3.63, 3.8) is 0 Å². The van der Waals surface area contributed by atoms with Gasteiger partial charge in [0.1, 0.15) is 22.9 Å². The van der Waals surface area contributed by atoms with Crippen LogP contribution in [0.3, 0.4) is 0 Å². The number of piperidine rings is 1. The Labute approximate surface area is 188 Å². The number of likely N-dealkylation sites (tertiary alicyclic amines) is 1. The summed E-state index contributed by atoms with van der Waals surface area (Å²) in [6.45, 7) is 3.59. The molecule has 3 rings (SSSR count). The number of ether oxygens (including phenoxy) is 2. The lowest BCUT2D eigenvalue weighted by molar-refractivity contribution is 0.173. The molecule has 9 heteroatoms. The molecule has 1 aromatic heterocycles. The van der Waals surface area contributed by atoms with E-state index in [9.17, 15) is 5.26 Å². The largest absolute Gasteiger partial charge is 0.493 e. The van der Waals surface area contributed by atoms with E-state index in [1.807, 2.05) is 19.2 Å². The summed E-state index contributed by atoms with van der Waals surface area (Å²) in [6.07, 6.45) is 2.24. The Hall–Kier alpha value is -2.83. The second-order valence-corrected chi connectivity index (χ2v) is 8.26. The average molecular weight is 443 g/mol. The van der Waals surface area contributed by atoms with Gasteiger partial charge in [0.05, 0.1) is 14.2 Å². The number of hydrogen-bond donors (Lipinski definition) is 2. The van der Waals surface area contributed by atoms with Crippen LogP contribution in [0.2, 0.25) is 0 Å². The van der Waals surface area contributed by atoms with E-state index >= 15 is 0 Å². The number of anilines is 1. The predicted molar refractivity (Wildman–Crippen MR) is 122 cm³/mol. The van der Waals surface area contributed by atoms with Gasteiger partial charge in [-0.2, -0.15) is 5.26 Å². The molecule has 166 valence electrons. The number of nitrogens with zero attached hydrogens (tertiary/aromatic N) is 4. The molecule has 31 heavy (non-hydrogen) atoms. The lowest BCUT2D eigenvalue weighted by Gasteiger charge is -2.33. The molecule has 0 amide bonds. The van der Waals surface area contributed by atoms with Crippen LogP contribution < -0.4 is 20.3 Å². The van der Waals surface area contributed by atoms with Crippen molar-refractivity contribution >= 4 is 18.0 Å². The molecule has 0 bridgehead atoms. The minimum atomic E-state index is 0.131. The minimum absolute atomic E-state index is 0.131. The Morgan fingerprint density at radius 1 is 1.23 bits per heavy atom. The van der Waals surface area contributed by atoms with Crippen LogP contribution in [0.4, 0.5) is 5.82 Å². The SMILES string of the molecule is COc1ccc(CN2CCCC(CNc3c(C#N)c(=N)n(C)c(=S)n3C)C2)cc1OC. The first-order valence-electron chi connectivity index (χ1n) is 10.3. The Morgan fingerprint density at radius 3 is 2.65 bits per heavy atom. The predicted octanol–water partition coefficient (Wildman–Crippen LogP) is 2.79. The second kappa shape index (κ2) is 9.98. The molecule has 0 spiro atoms. The monoisotopic (exact) mass is 442 g/mol. The van der Waals surface area contributed by atoms with Gasteiger partial charge in [0, 0.05) is 33.7 Å². The molecule has 8 nitrogen and oxygen atoms in total. The lowest BCUT2D eigenvalue weighted by Crippen LogP contribution is -2.38. The first-order chi connectivity index (χ1) is 14.9. The molecule has 1 atom stereocenters. The second-order valence-electron chi connectivity index (χ2n) is 7.90. The first kappa shape index (κ1) is 22.8. The van der Waals surface area contributed by atoms with Crippen molar-refractivity contribution in [2.45, 2.75) is 19.4 Å². The van der Waals surface area contributed by atoms with E-state index in [0.29, 0.717) is 22.1 Å². The number of nitrogens with one attached hydrogen (secondary N) is 2. The highest BCUT2D eigenvalue weighted by Gasteiger charge is 2.21. The Balaban J connectivity index is 1.68. The van der Waals surface area contributed by atoms with Gasteiger partial charge in [0.2, 0.25) is 0 Å². The standard InChI is InChI=1S/C22H30N6O2S/c1-26-20(24)17(11-23)21(27(2)22(26)31)25-12-16-6-5-9-28(14-16)13-15-7-8-18(29-3)19(10-15)30-4/h7-8,10,16,24-25H,5-6,9,12-14H2,1-4H3. The molecular weight excluding hydrogens is 412 g/mol. The maximum Gasteiger partial charge on any atom is 0.182 e. The van der Waals surface area contributed by atoms with Crippen LogP contribution in [0.5, 0.6) is 11.5 Å². The summed E-state index contributed by atoms with van der Waals surface area (Å²) >= 11 is 5.41. The smallest absolute Gasteiger partial charge is 0.182 e. The third kappa shape index (κ3) is 4.92. The van der Waals surface area contributed by atoms with Gasteiger partial charge in [-0.3, -0.25) is 10.3 Å². The van der Waals surface area contributed by atoms with Gasteiger partial charge in [0.25, 0.3) is 0 Å². The third-order valence-electron chi connectivity index (χ3n) is 5.85. The highest BCUT2D eigenvalue weighted by molar-refractivity contribution is 7.71. The van der Waals surface area contributed by atoms with Gasteiger partial charge in [-0.25, -0.2) is 0 Å². The molecule has 0 aliphatic carbocycles. The zero-order chi connectivity index (χ0) is 22.5. The molecule has 2 aromatic rings. The Kier molecular flexibility index (Phi) is 7.36. The molecule has 0 radical (unpaired) electrons. The highest BCUT2D eigenvalue weighted by atomic mass is 32.1. The van der Waals surface area contributed by atoms with Gasteiger partial charge in [-0.05, 0) is 55.2 Å². The van der Waals surface area contributed by atoms with Crippen molar-refractivity contribution in [2.75, 3.05) is 39.2 Å².